The molecule has 2 aromatic carbocycles. The van der Waals surface area contributed by atoms with Crippen LogP contribution in [0.1, 0.15) is 18.1 Å². The summed E-state index contributed by atoms with van der Waals surface area (Å²) in [6, 6.07) is 15.9. The van der Waals surface area contributed by atoms with Crippen molar-refractivity contribution in [2.24, 2.45) is 0 Å². The van der Waals surface area contributed by atoms with Gasteiger partial charge in [0.05, 0.1) is 16.2 Å². The predicted molar refractivity (Wildman–Crippen MR) is 127 cm³/mol. The zero-order valence-electron chi connectivity index (χ0n) is 17.2. The molecule has 0 aliphatic carbocycles. The molecule has 0 spiro atoms. The average Bonchev–Trinajstić information content (AvgIpc) is 2.78. The fourth-order valence-corrected chi connectivity index (χ4v) is 4.05. The van der Waals surface area contributed by atoms with Gasteiger partial charge in [0.1, 0.15) is 0 Å². The molecule has 1 aromatic heterocycles. The standard InChI is InChI=1S/C26H24ClN3/c1-5-20-6-8-21(9-7-20)25-17-24(27)23-11-10-22(16-26(23)28-25)19(4)30-14-12-29(13-15-30)18(2)3/h1,6-11,16-17H,2,4,12-15H2,3H3. The molecule has 1 aliphatic rings. The largest absolute Gasteiger partial charge is 0.372 e. The lowest BCUT2D eigenvalue weighted by Gasteiger charge is -2.38. The molecule has 1 aliphatic heterocycles. The van der Waals surface area contributed by atoms with Crippen molar-refractivity contribution in [1.29, 1.82) is 0 Å². The molecule has 0 bridgehead atoms. The first-order chi connectivity index (χ1) is 14.5. The molecule has 0 N–H and O–H groups in total. The molecule has 3 aromatic rings. The summed E-state index contributed by atoms with van der Waals surface area (Å²) in [6.45, 7) is 14.2. The van der Waals surface area contributed by atoms with E-state index >= 15 is 0 Å². The fourth-order valence-electron chi connectivity index (χ4n) is 3.79. The number of allylic oxidation sites excluding steroid dienone is 1. The van der Waals surface area contributed by atoms with Crippen LogP contribution in [-0.2, 0) is 0 Å². The minimum Gasteiger partial charge on any atom is -0.372 e. The Bertz CT molecular complexity index is 1160. The van der Waals surface area contributed by atoms with Crippen LogP contribution in [0.15, 0.2) is 67.4 Å². The molecule has 150 valence electrons. The van der Waals surface area contributed by atoms with Crippen molar-refractivity contribution in [1.82, 2.24) is 14.8 Å². The molecule has 3 nitrogen and oxygen atoms in total. The van der Waals surface area contributed by atoms with Gasteiger partial charge in [-0.3, -0.25) is 0 Å². The van der Waals surface area contributed by atoms with Gasteiger partial charge in [-0.25, -0.2) is 4.98 Å². The monoisotopic (exact) mass is 413 g/mol. The van der Waals surface area contributed by atoms with Crippen LogP contribution in [0.5, 0.6) is 0 Å². The lowest BCUT2D eigenvalue weighted by Crippen LogP contribution is -2.44. The summed E-state index contributed by atoms with van der Waals surface area (Å²) in [5.41, 5.74) is 6.71. The minimum atomic E-state index is 0.684. The lowest BCUT2D eigenvalue weighted by molar-refractivity contribution is 0.215. The second kappa shape index (κ2) is 8.26. The third kappa shape index (κ3) is 3.92. The van der Waals surface area contributed by atoms with E-state index in [0.717, 1.165) is 70.9 Å². The Morgan fingerprint density at radius 3 is 2.30 bits per heavy atom. The van der Waals surface area contributed by atoms with E-state index in [2.05, 4.69) is 47.9 Å². The molecular weight excluding hydrogens is 390 g/mol. The Morgan fingerprint density at radius 1 is 1.00 bits per heavy atom. The molecular formula is C26H24ClN3. The number of benzene rings is 2. The molecule has 1 fully saturated rings. The van der Waals surface area contributed by atoms with Gasteiger partial charge < -0.3 is 9.80 Å². The number of pyridine rings is 1. The van der Waals surface area contributed by atoms with Crippen LogP contribution in [-0.4, -0.2) is 41.0 Å². The van der Waals surface area contributed by atoms with Crippen molar-refractivity contribution in [3.63, 3.8) is 0 Å². The SMILES string of the molecule is C#Cc1ccc(-c2cc(Cl)c3ccc(C(=C)N4CCN(C(=C)C)CC4)cc3n2)cc1. The second-order valence-corrected chi connectivity index (χ2v) is 8.01. The van der Waals surface area contributed by atoms with Crippen LogP contribution in [0.2, 0.25) is 5.02 Å². The van der Waals surface area contributed by atoms with Gasteiger partial charge in [-0.15, -0.1) is 6.42 Å². The van der Waals surface area contributed by atoms with Crippen LogP contribution in [0.4, 0.5) is 0 Å². The summed E-state index contributed by atoms with van der Waals surface area (Å²) >= 11 is 6.58. The number of rotatable bonds is 4. The quantitative estimate of drug-likeness (QED) is 0.514. The van der Waals surface area contributed by atoms with Crippen LogP contribution in [0, 0.1) is 12.3 Å². The van der Waals surface area contributed by atoms with Crippen LogP contribution in [0.25, 0.3) is 27.9 Å². The van der Waals surface area contributed by atoms with E-state index in [-0.39, 0.29) is 0 Å². The first-order valence-electron chi connectivity index (χ1n) is 9.98. The molecule has 30 heavy (non-hydrogen) atoms. The lowest BCUT2D eigenvalue weighted by atomic mass is 10.0. The maximum Gasteiger partial charge on any atom is 0.0731 e. The summed E-state index contributed by atoms with van der Waals surface area (Å²) < 4.78 is 0. The van der Waals surface area contributed by atoms with Crippen molar-refractivity contribution in [3.05, 3.63) is 83.5 Å². The number of nitrogens with zero attached hydrogens (tertiary/aromatic N) is 3. The van der Waals surface area contributed by atoms with E-state index in [1.807, 2.05) is 36.4 Å². The van der Waals surface area contributed by atoms with Crippen molar-refractivity contribution in [2.45, 2.75) is 6.92 Å². The summed E-state index contributed by atoms with van der Waals surface area (Å²) in [5.74, 6) is 2.64. The second-order valence-electron chi connectivity index (χ2n) is 7.60. The number of fused-ring (bicyclic) bond motifs is 1. The smallest absolute Gasteiger partial charge is 0.0731 e. The van der Waals surface area contributed by atoms with E-state index < -0.39 is 0 Å². The summed E-state index contributed by atoms with van der Waals surface area (Å²) in [6.07, 6.45) is 5.46. The van der Waals surface area contributed by atoms with Gasteiger partial charge in [0.2, 0.25) is 0 Å². The highest BCUT2D eigenvalue weighted by atomic mass is 35.5. The van der Waals surface area contributed by atoms with E-state index in [9.17, 15) is 0 Å². The predicted octanol–water partition coefficient (Wildman–Crippen LogP) is 5.66. The molecule has 2 heterocycles. The summed E-state index contributed by atoms with van der Waals surface area (Å²) in [7, 11) is 0. The van der Waals surface area contributed by atoms with Crippen LogP contribution in [0.3, 0.4) is 0 Å². The molecule has 0 radical (unpaired) electrons. The van der Waals surface area contributed by atoms with Gasteiger partial charge in [-0.1, -0.05) is 54.9 Å². The van der Waals surface area contributed by atoms with Crippen molar-refractivity contribution in [3.8, 4) is 23.6 Å². The van der Waals surface area contributed by atoms with E-state index in [1.54, 1.807) is 0 Å². The average molecular weight is 414 g/mol. The number of aromatic nitrogens is 1. The molecule has 0 atom stereocenters. The number of hydrogen-bond acceptors (Lipinski definition) is 3. The summed E-state index contributed by atoms with van der Waals surface area (Å²) in [5, 5.41) is 1.62. The fraction of sp³-hybridized carbons (Fsp3) is 0.192. The Kier molecular flexibility index (Phi) is 5.53. The van der Waals surface area contributed by atoms with Gasteiger partial charge in [0.25, 0.3) is 0 Å². The van der Waals surface area contributed by atoms with Gasteiger partial charge in [0.15, 0.2) is 0 Å². The van der Waals surface area contributed by atoms with Gasteiger partial charge in [0, 0.05) is 54.1 Å². The maximum absolute atomic E-state index is 6.58. The highest BCUT2D eigenvalue weighted by Crippen LogP contribution is 2.31. The first-order valence-corrected chi connectivity index (χ1v) is 10.4. The highest BCUT2D eigenvalue weighted by Gasteiger charge is 2.19. The number of halogens is 1. The van der Waals surface area contributed by atoms with Crippen LogP contribution < -0.4 is 0 Å². The molecule has 0 saturated carbocycles. The van der Waals surface area contributed by atoms with E-state index in [4.69, 9.17) is 23.0 Å². The molecule has 0 unspecified atom stereocenters. The molecule has 4 heteroatoms. The van der Waals surface area contributed by atoms with Gasteiger partial charge in [-0.2, -0.15) is 0 Å². The van der Waals surface area contributed by atoms with Gasteiger partial charge >= 0.3 is 0 Å². The third-order valence-electron chi connectivity index (χ3n) is 5.64. The van der Waals surface area contributed by atoms with E-state index in [1.165, 1.54) is 0 Å². The molecule has 1 saturated heterocycles. The zero-order valence-corrected chi connectivity index (χ0v) is 17.9. The number of hydrogen-bond donors (Lipinski definition) is 0. The van der Waals surface area contributed by atoms with E-state index in [0.29, 0.717) is 5.02 Å². The minimum absolute atomic E-state index is 0.684. The molecule has 4 rings (SSSR count). The Labute approximate surface area is 183 Å². The number of terminal acetylenes is 1. The number of piperazine rings is 1. The van der Waals surface area contributed by atoms with Crippen molar-refractivity contribution >= 4 is 28.2 Å². The topological polar surface area (TPSA) is 19.4 Å². The maximum atomic E-state index is 6.58. The van der Waals surface area contributed by atoms with Crippen LogP contribution >= 0.6 is 11.6 Å². The van der Waals surface area contributed by atoms with Crippen molar-refractivity contribution < 1.29 is 0 Å². The summed E-state index contributed by atoms with van der Waals surface area (Å²) in [4.78, 5) is 9.50. The Balaban J connectivity index is 1.63. The third-order valence-corrected chi connectivity index (χ3v) is 5.95. The highest BCUT2D eigenvalue weighted by molar-refractivity contribution is 6.35. The van der Waals surface area contributed by atoms with Crippen molar-refractivity contribution in [2.75, 3.05) is 26.2 Å². The normalized spacial score (nSPS) is 13.9. The van der Waals surface area contributed by atoms with Gasteiger partial charge in [-0.05, 0) is 36.8 Å². The first kappa shape index (κ1) is 20.1. The molecule has 0 amide bonds. The zero-order chi connectivity index (χ0) is 21.3. The Hall–Kier alpha value is -3.22. The Morgan fingerprint density at radius 2 is 1.67 bits per heavy atom.